The summed E-state index contributed by atoms with van der Waals surface area (Å²) in [4.78, 5) is 36.6. The van der Waals surface area contributed by atoms with Crippen LogP contribution in [0.1, 0.15) is 12.5 Å². The molecule has 0 unspecified atom stereocenters. The number of esters is 1. The largest absolute Gasteiger partial charge is 0.495 e. The van der Waals surface area contributed by atoms with E-state index in [1.165, 1.54) is 14.0 Å². The van der Waals surface area contributed by atoms with Crippen LogP contribution in [0.5, 0.6) is 5.75 Å². The van der Waals surface area contributed by atoms with E-state index in [9.17, 15) is 14.4 Å². The van der Waals surface area contributed by atoms with E-state index >= 15 is 0 Å². The normalized spacial score (nSPS) is 11.4. The molecule has 0 bridgehead atoms. The van der Waals surface area contributed by atoms with Crippen molar-refractivity contribution < 1.29 is 23.9 Å². The van der Waals surface area contributed by atoms with Gasteiger partial charge >= 0.3 is 5.97 Å². The molecule has 7 nitrogen and oxygen atoms in total. The van der Waals surface area contributed by atoms with Gasteiger partial charge in [0.1, 0.15) is 12.3 Å². The molecule has 0 aromatic heterocycles. The quantitative estimate of drug-likeness (QED) is 0.546. The first kappa shape index (κ1) is 21.8. The first-order valence-corrected chi connectivity index (χ1v) is 9.84. The summed E-state index contributed by atoms with van der Waals surface area (Å²) in [5.41, 5.74) is 1.34. The van der Waals surface area contributed by atoms with E-state index in [1.807, 2.05) is 42.5 Å². The summed E-state index contributed by atoms with van der Waals surface area (Å²) in [5.74, 6) is -1.01. The minimum Gasteiger partial charge on any atom is -0.495 e. The van der Waals surface area contributed by atoms with Gasteiger partial charge in [0.2, 0.25) is 5.91 Å². The van der Waals surface area contributed by atoms with Crippen molar-refractivity contribution in [2.45, 2.75) is 19.4 Å². The molecule has 0 aliphatic heterocycles. The number of para-hydroxylation sites is 2. The molecule has 0 saturated carbocycles. The van der Waals surface area contributed by atoms with E-state index in [4.69, 9.17) is 9.47 Å². The van der Waals surface area contributed by atoms with Crippen LogP contribution in [0, 0.1) is 0 Å². The number of hydrogen-bond acceptors (Lipinski definition) is 5. The summed E-state index contributed by atoms with van der Waals surface area (Å²) >= 11 is 0. The topological polar surface area (TPSA) is 93.7 Å². The smallest absolute Gasteiger partial charge is 0.326 e. The zero-order valence-corrected chi connectivity index (χ0v) is 17.4. The summed E-state index contributed by atoms with van der Waals surface area (Å²) in [6, 6.07) is 20.4. The van der Waals surface area contributed by atoms with Crippen LogP contribution in [0.3, 0.4) is 0 Å². The number of amides is 2. The Hall–Kier alpha value is -3.87. The highest BCUT2D eigenvalue weighted by Gasteiger charge is 2.19. The monoisotopic (exact) mass is 420 g/mol. The SMILES string of the molecule is COc1ccccc1NC(=O)[C@@H](C)OC(=O)CNC(=O)Cc1cccc2ccccc12. The van der Waals surface area contributed by atoms with Crippen molar-refractivity contribution >= 4 is 34.2 Å². The molecule has 3 aromatic carbocycles. The van der Waals surface area contributed by atoms with E-state index in [-0.39, 0.29) is 18.9 Å². The zero-order chi connectivity index (χ0) is 22.2. The second-order valence-corrected chi connectivity index (χ2v) is 6.91. The highest BCUT2D eigenvalue weighted by Crippen LogP contribution is 2.23. The zero-order valence-electron chi connectivity index (χ0n) is 17.4. The molecule has 2 N–H and O–H groups in total. The summed E-state index contributed by atoms with van der Waals surface area (Å²) in [6.07, 6.45) is -0.897. The van der Waals surface area contributed by atoms with Gasteiger partial charge in [-0.1, -0.05) is 54.6 Å². The predicted molar refractivity (Wildman–Crippen MR) is 118 cm³/mol. The summed E-state index contributed by atoms with van der Waals surface area (Å²) in [7, 11) is 1.50. The van der Waals surface area contributed by atoms with Crippen molar-refractivity contribution in [2.75, 3.05) is 19.0 Å². The molecule has 0 saturated heterocycles. The molecule has 7 heteroatoms. The number of nitrogens with one attached hydrogen (secondary N) is 2. The summed E-state index contributed by atoms with van der Waals surface area (Å²) in [6.45, 7) is 1.14. The van der Waals surface area contributed by atoms with Crippen LogP contribution in [-0.2, 0) is 25.5 Å². The Morgan fingerprint density at radius 1 is 0.935 bits per heavy atom. The number of fused-ring (bicyclic) bond motifs is 1. The maximum Gasteiger partial charge on any atom is 0.326 e. The molecule has 0 heterocycles. The number of rotatable bonds is 8. The number of hydrogen-bond donors (Lipinski definition) is 2. The van der Waals surface area contributed by atoms with E-state index in [0.717, 1.165) is 16.3 Å². The molecule has 0 aliphatic rings. The average Bonchev–Trinajstić information content (AvgIpc) is 2.78. The Kier molecular flexibility index (Phi) is 7.22. The standard InChI is InChI=1S/C24H24N2O5/c1-16(24(29)26-20-12-5-6-13-21(20)30-2)31-23(28)15-25-22(27)14-18-10-7-9-17-8-3-4-11-19(17)18/h3-13,16H,14-15H2,1-2H3,(H,25,27)(H,26,29)/t16-/m1/s1. The van der Waals surface area contributed by atoms with Crippen molar-refractivity contribution in [3.05, 3.63) is 72.3 Å². The Bertz CT molecular complexity index is 1090. The van der Waals surface area contributed by atoms with Crippen molar-refractivity contribution in [1.29, 1.82) is 0 Å². The van der Waals surface area contributed by atoms with E-state index < -0.39 is 18.0 Å². The number of carbonyl (C=O) groups excluding carboxylic acids is 3. The second-order valence-electron chi connectivity index (χ2n) is 6.91. The van der Waals surface area contributed by atoms with Gasteiger partial charge in [-0.3, -0.25) is 14.4 Å². The Balaban J connectivity index is 1.49. The van der Waals surface area contributed by atoms with Gasteiger partial charge in [0, 0.05) is 0 Å². The fourth-order valence-corrected chi connectivity index (χ4v) is 3.13. The molecule has 160 valence electrons. The maximum atomic E-state index is 12.3. The van der Waals surface area contributed by atoms with Gasteiger partial charge in [0.05, 0.1) is 19.2 Å². The van der Waals surface area contributed by atoms with Gasteiger partial charge in [-0.2, -0.15) is 0 Å². The highest BCUT2D eigenvalue weighted by molar-refractivity contribution is 5.96. The van der Waals surface area contributed by atoms with Crippen LogP contribution in [0.2, 0.25) is 0 Å². The van der Waals surface area contributed by atoms with Crippen LogP contribution in [0.25, 0.3) is 10.8 Å². The molecule has 0 fully saturated rings. The number of carbonyl (C=O) groups is 3. The van der Waals surface area contributed by atoms with E-state index in [0.29, 0.717) is 11.4 Å². The van der Waals surface area contributed by atoms with Crippen molar-refractivity contribution in [3.8, 4) is 5.75 Å². The Labute approximate surface area is 180 Å². The minimum atomic E-state index is -1.03. The van der Waals surface area contributed by atoms with Crippen molar-refractivity contribution in [1.82, 2.24) is 5.32 Å². The van der Waals surface area contributed by atoms with Crippen LogP contribution in [0.15, 0.2) is 66.7 Å². The lowest BCUT2D eigenvalue weighted by molar-refractivity contribution is -0.152. The maximum absolute atomic E-state index is 12.3. The number of benzene rings is 3. The fourth-order valence-electron chi connectivity index (χ4n) is 3.13. The summed E-state index contributed by atoms with van der Waals surface area (Å²) < 4.78 is 10.3. The predicted octanol–water partition coefficient (Wildman–Crippen LogP) is 3.08. The van der Waals surface area contributed by atoms with Gasteiger partial charge in [0.15, 0.2) is 6.10 Å². The van der Waals surface area contributed by atoms with Gasteiger partial charge in [-0.25, -0.2) is 0 Å². The third-order valence-corrected chi connectivity index (χ3v) is 4.70. The Morgan fingerprint density at radius 2 is 1.65 bits per heavy atom. The van der Waals surface area contributed by atoms with Gasteiger partial charge in [0.25, 0.3) is 5.91 Å². The number of anilines is 1. The number of ether oxygens (including phenoxy) is 2. The minimum absolute atomic E-state index is 0.137. The third-order valence-electron chi connectivity index (χ3n) is 4.70. The molecular formula is C24H24N2O5. The molecule has 3 rings (SSSR count). The van der Waals surface area contributed by atoms with Crippen molar-refractivity contribution in [3.63, 3.8) is 0 Å². The van der Waals surface area contributed by atoms with Gasteiger partial charge in [-0.05, 0) is 35.4 Å². The number of methoxy groups -OCH3 is 1. The fraction of sp³-hybridized carbons (Fsp3) is 0.208. The van der Waals surface area contributed by atoms with Crippen LogP contribution >= 0.6 is 0 Å². The lowest BCUT2D eigenvalue weighted by Gasteiger charge is -2.15. The molecule has 3 aromatic rings. The molecule has 0 spiro atoms. The Morgan fingerprint density at radius 3 is 2.45 bits per heavy atom. The molecule has 31 heavy (non-hydrogen) atoms. The van der Waals surface area contributed by atoms with E-state index in [1.54, 1.807) is 24.3 Å². The van der Waals surface area contributed by atoms with Gasteiger partial charge < -0.3 is 20.1 Å². The molecule has 0 aliphatic carbocycles. The first-order chi connectivity index (χ1) is 15.0. The van der Waals surface area contributed by atoms with Crippen LogP contribution in [-0.4, -0.2) is 37.5 Å². The average molecular weight is 420 g/mol. The lowest BCUT2D eigenvalue weighted by atomic mass is 10.0. The van der Waals surface area contributed by atoms with E-state index in [2.05, 4.69) is 10.6 Å². The molecular weight excluding hydrogens is 396 g/mol. The third kappa shape index (κ3) is 5.82. The van der Waals surface area contributed by atoms with Crippen molar-refractivity contribution in [2.24, 2.45) is 0 Å². The summed E-state index contributed by atoms with van der Waals surface area (Å²) in [5, 5.41) is 7.23. The highest BCUT2D eigenvalue weighted by atomic mass is 16.5. The second kappa shape index (κ2) is 10.2. The first-order valence-electron chi connectivity index (χ1n) is 9.84. The molecule has 2 amide bonds. The molecule has 0 radical (unpaired) electrons. The van der Waals surface area contributed by atoms with Crippen LogP contribution in [0.4, 0.5) is 5.69 Å². The van der Waals surface area contributed by atoms with Gasteiger partial charge in [-0.15, -0.1) is 0 Å². The lowest BCUT2D eigenvalue weighted by Crippen LogP contribution is -2.36. The van der Waals surface area contributed by atoms with Crippen LogP contribution < -0.4 is 15.4 Å². The molecule has 1 atom stereocenters.